The van der Waals surface area contributed by atoms with Crippen LogP contribution in [0.15, 0.2) is 54.1 Å². The van der Waals surface area contributed by atoms with Gasteiger partial charge in [0, 0.05) is 5.56 Å². The third kappa shape index (κ3) is 3.95. The average molecular weight is 389 g/mol. The fourth-order valence-electron chi connectivity index (χ4n) is 2.96. The predicted molar refractivity (Wildman–Crippen MR) is 96.9 cm³/mol. The number of rotatable bonds is 5. The quantitative estimate of drug-likeness (QED) is 0.790. The average Bonchev–Trinajstić information content (AvgIpc) is 2.79. The van der Waals surface area contributed by atoms with Crippen LogP contribution in [0.5, 0.6) is 5.75 Å². The highest BCUT2D eigenvalue weighted by Gasteiger charge is 2.31. The first-order valence-corrected chi connectivity index (χ1v) is 8.34. The standard InChI is InChI=1S/C20H17F2NO5/c1-27-19(26)15-10-17(24)23(16-5-3-2-4-14(16)18(15)25)11-12-6-8-13(9-7-12)28-20(21)22/h2-9,20,25H,10-11H2,1H3. The number of anilines is 1. The van der Waals surface area contributed by atoms with Crippen LogP contribution < -0.4 is 9.64 Å². The van der Waals surface area contributed by atoms with Crippen molar-refractivity contribution in [3.8, 4) is 5.75 Å². The molecular weight excluding hydrogens is 372 g/mol. The number of amides is 1. The lowest BCUT2D eigenvalue weighted by Gasteiger charge is -2.23. The summed E-state index contributed by atoms with van der Waals surface area (Å²) >= 11 is 0. The number of hydrogen-bond donors (Lipinski definition) is 1. The molecule has 8 heteroatoms. The van der Waals surface area contributed by atoms with Gasteiger partial charge in [0.25, 0.3) is 0 Å². The minimum Gasteiger partial charge on any atom is -0.507 e. The van der Waals surface area contributed by atoms with Crippen LogP contribution in [-0.2, 0) is 20.9 Å². The van der Waals surface area contributed by atoms with E-state index >= 15 is 0 Å². The van der Waals surface area contributed by atoms with Crippen LogP contribution in [0, 0.1) is 0 Å². The molecule has 0 atom stereocenters. The Kier molecular flexibility index (Phi) is 5.58. The first kappa shape index (κ1) is 19.3. The number of esters is 1. The van der Waals surface area contributed by atoms with Crippen molar-refractivity contribution >= 4 is 23.3 Å². The minimum absolute atomic E-state index is 0.00799. The highest BCUT2D eigenvalue weighted by molar-refractivity contribution is 6.09. The number of methoxy groups -OCH3 is 1. The summed E-state index contributed by atoms with van der Waals surface area (Å²) in [6.45, 7) is -2.80. The van der Waals surface area contributed by atoms with Gasteiger partial charge in [-0.15, -0.1) is 0 Å². The molecule has 0 aliphatic carbocycles. The van der Waals surface area contributed by atoms with Crippen molar-refractivity contribution in [3.63, 3.8) is 0 Å². The maximum absolute atomic E-state index is 12.8. The molecule has 3 rings (SSSR count). The second-order valence-corrected chi connectivity index (χ2v) is 6.02. The van der Waals surface area contributed by atoms with Gasteiger partial charge in [-0.3, -0.25) is 4.79 Å². The van der Waals surface area contributed by atoms with Gasteiger partial charge in [-0.2, -0.15) is 8.78 Å². The molecule has 146 valence electrons. The van der Waals surface area contributed by atoms with E-state index in [4.69, 9.17) is 0 Å². The number of halogens is 2. The number of fused-ring (bicyclic) bond motifs is 1. The molecular formula is C20H17F2NO5. The highest BCUT2D eigenvalue weighted by atomic mass is 19.3. The molecule has 1 aliphatic heterocycles. The molecule has 0 aromatic heterocycles. The zero-order valence-corrected chi connectivity index (χ0v) is 14.9. The normalized spacial score (nSPS) is 14.0. The SMILES string of the molecule is COC(=O)C1=C(O)c2ccccc2N(Cc2ccc(OC(F)F)cc2)C(=O)C1. The fraction of sp³-hybridized carbons (Fsp3) is 0.200. The second-order valence-electron chi connectivity index (χ2n) is 6.02. The summed E-state index contributed by atoms with van der Waals surface area (Å²) in [6, 6.07) is 12.5. The van der Waals surface area contributed by atoms with Gasteiger partial charge in [-0.05, 0) is 29.8 Å². The predicted octanol–water partition coefficient (Wildman–Crippen LogP) is 3.67. The van der Waals surface area contributed by atoms with Gasteiger partial charge in [0.2, 0.25) is 5.91 Å². The van der Waals surface area contributed by atoms with Crippen molar-refractivity contribution in [2.24, 2.45) is 0 Å². The van der Waals surface area contributed by atoms with Crippen LogP contribution in [0.4, 0.5) is 14.5 Å². The van der Waals surface area contributed by atoms with Crippen LogP contribution in [0.1, 0.15) is 17.5 Å². The third-order valence-corrected chi connectivity index (χ3v) is 4.29. The number of carbonyl (C=O) groups excluding carboxylic acids is 2. The number of alkyl halides is 2. The Morgan fingerprint density at radius 2 is 1.86 bits per heavy atom. The van der Waals surface area contributed by atoms with Crippen molar-refractivity contribution in [3.05, 3.63) is 65.2 Å². The molecule has 1 N–H and O–H groups in total. The van der Waals surface area contributed by atoms with Crippen LogP contribution in [0.2, 0.25) is 0 Å². The summed E-state index contributed by atoms with van der Waals surface area (Å²) < 4.78 is 33.6. The lowest BCUT2D eigenvalue weighted by Crippen LogP contribution is -2.30. The molecule has 2 aromatic rings. The number of benzene rings is 2. The summed E-state index contributed by atoms with van der Waals surface area (Å²) in [5, 5.41) is 10.5. The van der Waals surface area contributed by atoms with E-state index in [1.807, 2.05) is 0 Å². The third-order valence-electron chi connectivity index (χ3n) is 4.29. The summed E-state index contributed by atoms with van der Waals surface area (Å²) in [4.78, 5) is 26.2. The van der Waals surface area contributed by atoms with Gasteiger partial charge >= 0.3 is 12.6 Å². The van der Waals surface area contributed by atoms with E-state index in [2.05, 4.69) is 9.47 Å². The van der Waals surface area contributed by atoms with Gasteiger partial charge in [0.1, 0.15) is 11.5 Å². The van der Waals surface area contributed by atoms with Gasteiger partial charge in [-0.25, -0.2) is 4.79 Å². The molecule has 0 radical (unpaired) electrons. The Hall–Kier alpha value is -3.42. The Labute approximate surface area is 159 Å². The maximum atomic E-state index is 12.8. The largest absolute Gasteiger partial charge is 0.507 e. The Balaban J connectivity index is 1.94. The van der Waals surface area contributed by atoms with Crippen molar-refractivity contribution in [1.29, 1.82) is 0 Å². The second kappa shape index (κ2) is 8.08. The summed E-state index contributed by atoms with van der Waals surface area (Å²) in [7, 11) is 1.17. The molecule has 6 nitrogen and oxygen atoms in total. The lowest BCUT2D eigenvalue weighted by atomic mass is 10.1. The highest BCUT2D eigenvalue weighted by Crippen LogP contribution is 2.34. The number of aliphatic hydroxyl groups is 1. The van der Waals surface area contributed by atoms with Gasteiger partial charge in [0.05, 0.1) is 31.3 Å². The minimum atomic E-state index is -2.92. The van der Waals surface area contributed by atoms with E-state index < -0.39 is 18.5 Å². The number of hydrogen-bond acceptors (Lipinski definition) is 5. The zero-order chi connectivity index (χ0) is 20.3. The monoisotopic (exact) mass is 389 g/mol. The van der Waals surface area contributed by atoms with Crippen LogP contribution in [0.25, 0.3) is 5.76 Å². The molecule has 2 aromatic carbocycles. The first-order chi connectivity index (χ1) is 13.4. The van der Waals surface area contributed by atoms with Gasteiger partial charge < -0.3 is 19.5 Å². The molecule has 1 heterocycles. The van der Waals surface area contributed by atoms with Crippen molar-refractivity contribution in [1.82, 2.24) is 0 Å². The van der Waals surface area contributed by atoms with Gasteiger partial charge in [0.15, 0.2) is 0 Å². The molecule has 28 heavy (non-hydrogen) atoms. The number of para-hydroxylation sites is 1. The molecule has 0 unspecified atom stereocenters. The molecule has 1 amide bonds. The van der Waals surface area contributed by atoms with Crippen LogP contribution in [0.3, 0.4) is 0 Å². The molecule has 0 bridgehead atoms. The van der Waals surface area contributed by atoms with E-state index in [1.54, 1.807) is 36.4 Å². The summed E-state index contributed by atoms with van der Waals surface area (Å²) in [5.74, 6) is -1.49. The van der Waals surface area contributed by atoms with Crippen LogP contribution in [-0.4, -0.2) is 30.7 Å². The first-order valence-electron chi connectivity index (χ1n) is 8.34. The molecule has 0 spiro atoms. The van der Waals surface area contributed by atoms with E-state index in [1.165, 1.54) is 24.1 Å². The van der Waals surface area contributed by atoms with Crippen molar-refractivity contribution < 1.29 is 33.0 Å². The molecule has 0 saturated carbocycles. The topological polar surface area (TPSA) is 76.1 Å². The summed E-state index contributed by atoms with van der Waals surface area (Å²) in [6.07, 6.45) is -0.334. The number of aliphatic hydroxyl groups excluding tert-OH is 1. The van der Waals surface area contributed by atoms with E-state index in [0.717, 1.165) is 0 Å². The van der Waals surface area contributed by atoms with Crippen molar-refractivity contribution in [2.45, 2.75) is 19.6 Å². The Bertz CT molecular complexity index is 924. The smallest absolute Gasteiger partial charge is 0.387 e. The fourth-order valence-corrected chi connectivity index (χ4v) is 2.96. The van der Waals surface area contributed by atoms with Crippen LogP contribution >= 0.6 is 0 Å². The lowest BCUT2D eigenvalue weighted by molar-refractivity contribution is -0.137. The maximum Gasteiger partial charge on any atom is 0.387 e. The van der Waals surface area contributed by atoms with Gasteiger partial charge in [-0.1, -0.05) is 24.3 Å². The number of ether oxygens (including phenoxy) is 2. The molecule has 0 fully saturated rings. The Morgan fingerprint density at radius 1 is 1.18 bits per heavy atom. The molecule has 1 aliphatic rings. The zero-order valence-electron chi connectivity index (χ0n) is 14.9. The number of carbonyl (C=O) groups is 2. The van der Waals surface area contributed by atoms with E-state index in [-0.39, 0.29) is 30.0 Å². The van der Waals surface area contributed by atoms with E-state index in [0.29, 0.717) is 16.8 Å². The van der Waals surface area contributed by atoms with Crippen molar-refractivity contribution in [2.75, 3.05) is 12.0 Å². The molecule has 0 saturated heterocycles. The number of nitrogens with zero attached hydrogens (tertiary/aromatic N) is 1. The Morgan fingerprint density at radius 3 is 2.50 bits per heavy atom. The summed E-state index contributed by atoms with van der Waals surface area (Å²) in [5.41, 5.74) is 1.29. The van der Waals surface area contributed by atoms with E-state index in [9.17, 15) is 23.5 Å².